The standard InChI is InChI=1S/C18H24N4O3.ClH/c1-3-24-15-6-4-5-7-16(15)25-13-17(23)22-11-8-19-12-14(22)18-20-9-10-21(18)2;/h4-7,9-10,14,19H,3,8,11-13H2,1-2H3;1H. The molecule has 0 bridgehead atoms. The Hall–Kier alpha value is -2.25. The zero-order valence-electron chi connectivity index (χ0n) is 15.1. The Balaban J connectivity index is 0.00000243. The molecular weight excluding hydrogens is 356 g/mol. The van der Waals surface area contributed by atoms with Crippen molar-refractivity contribution >= 4 is 18.3 Å². The largest absolute Gasteiger partial charge is 0.490 e. The molecule has 0 aliphatic carbocycles. The number of halogens is 1. The monoisotopic (exact) mass is 380 g/mol. The molecule has 1 N–H and O–H groups in total. The smallest absolute Gasteiger partial charge is 0.261 e. The van der Waals surface area contributed by atoms with Crippen LogP contribution in [0.2, 0.25) is 0 Å². The van der Waals surface area contributed by atoms with Crippen LogP contribution in [-0.2, 0) is 11.8 Å². The van der Waals surface area contributed by atoms with Gasteiger partial charge in [-0.25, -0.2) is 4.98 Å². The third-order valence-corrected chi connectivity index (χ3v) is 4.22. The van der Waals surface area contributed by atoms with Gasteiger partial charge in [-0.15, -0.1) is 12.4 Å². The van der Waals surface area contributed by atoms with Crippen molar-refractivity contribution in [1.82, 2.24) is 19.8 Å². The normalized spacial score (nSPS) is 16.7. The first-order chi connectivity index (χ1) is 12.2. The number of hydrogen-bond acceptors (Lipinski definition) is 5. The second kappa shape index (κ2) is 9.45. The number of benzene rings is 1. The van der Waals surface area contributed by atoms with Crippen molar-refractivity contribution in [3.05, 3.63) is 42.5 Å². The summed E-state index contributed by atoms with van der Waals surface area (Å²) in [6, 6.07) is 7.31. The molecule has 0 saturated carbocycles. The highest BCUT2D eigenvalue weighted by molar-refractivity contribution is 5.85. The fraction of sp³-hybridized carbons (Fsp3) is 0.444. The van der Waals surface area contributed by atoms with Gasteiger partial charge in [0.2, 0.25) is 0 Å². The number of hydrogen-bond donors (Lipinski definition) is 1. The maximum atomic E-state index is 12.8. The molecule has 2 aromatic rings. The van der Waals surface area contributed by atoms with Crippen molar-refractivity contribution in [3.8, 4) is 11.5 Å². The highest BCUT2D eigenvalue weighted by Crippen LogP contribution is 2.27. The lowest BCUT2D eigenvalue weighted by Gasteiger charge is -2.35. The van der Waals surface area contributed by atoms with Crippen molar-refractivity contribution in [3.63, 3.8) is 0 Å². The Morgan fingerprint density at radius 3 is 2.69 bits per heavy atom. The number of imidazole rings is 1. The minimum atomic E-state index is -0.0908. The summed E-state index contributed by atoms with van der Waals surface area (Å²) in [5.74, 6) is 2.05. The van der Waals surface area contributed by atoms with Gasteiger partial charge in [-0.3, -0.25) is 4.79 Å². The van der Waals surface area contributed by atoms with Gasteiger partial charge in [-0.1, -0.05) is 12.1 Å². The summed E-state index contributed by atoms with van der Waals surface area (Å²) in [6.07, 6.45) is 3.64. The number of nitrogens with one attached hydrogen (secondary N) is 1. The van der Waals surface area contributed by atoms with E-state index in [0.717, 1.165) is 12.4 Å². The van der Waals surface area contributed by atoms with E-state index in [1.54, 1.807) is 6.20 Å². The molecule has 1 aromatic carbocycles. The minimum Gasteiger partial charge on any atom is -0.490 e. The van der Waals surface area contributed by atoms with Crippen LogP contribution in [0.15, 0.2) is 36.7 Å². The molecule has 1 aliphatic rings. The van der Waals surface area contributed by atoms with Crippen LogP contribution in [0.1, 0.15) is 18.8 Å². The number of amides is 1. The molecule has 2 heterocycles. The van der Waals surface area contributed by atoms with E-state index in [0.29, 0.717) is 31.2 Å². The van der Waals surface area contributed by atoms with E-state index < -0.39 is 0 Å². The first kappa shape index (κ1) is 20.1. The van der Waals surface area contributed by atoms with E-state index in [1.165, 1.54) is 0 Å². The number of ether oxygens (including phenoxy) is 2. The van der Waals surface area contributed by atoms with E-state index >= 15 is 0 Å². The molecule has 1 aromatic heterocycles. The van der Waals surface area contributed by atoms with Gasteiger partial charge in [0.15, 0.2) is 18.1 Å². The van der Waals surface area contributed by atoms with Crippen LogP contribution in [0.25, 0.3) is 0 Å². The average molecular weight is 381 g/mol. The van der Waals surface area contributed by atoms with Crippen LogP contribution in [0.4, 0.5) is 0 Å². The Morgan fingerprint density at radius 2 is 2.04 bits per heavy atom. The number of para-hydroxylation sites is 2. The summed E-state index contributed by atoms with van der Waals surface area (Å²) in [7, 11) is 1.94. The first-order valence-electron chi connectivity index (χ1n) is 8.52. The number of rotatable bonds is 6. The van der Waals surface area contributed by atoms with Crippen molar-refractivity contribution in [1.29, 1.82) is 0 Å². The highest BCUT2D eigenvalue weighted by atomic mass is 35.5. The molecule has 1 unspecified atom stereocenters. The zero-order chi connectivity index (χ0) is 17.6. The number of aryl methyl sites for hydroxylation is 1. The van der Waals surface area contributed by atoms with Gasteiger partial charge >= 0.3 is 0 Å². The lowest BCUT2D eigenvalue weighted by atomic mass is 10.1. The highest BCUT2D eigenvalue weighted by Gasteiger charge is 2.30. The molecule has 1 aliphatic heterocycles. The number of carbonyl (C=O) groups is 1. The summed E-state index contributed by atoms with van der Waals surface area (Å²) in [4.78, 5) is 19.0. The molecule has 1 saturated heterocycles. The molecule has 26 heavy (non-hydrogen) atoms. The van der Waals surface area contributed by atoms with E-state index in [4.69, 9.17) is 9.47 Å². The van der Waals surface area contributed by atoms with Crippen LogP contribution in [-0.4, -0.2) is 53.2 Å². The third kappa shape index (κ3) is 4.47. The molecule has 0 radical (unpaired) electrons. The quantitative estimate of drug-likeness (QED) is 0.827. The van der Waals surface area contributed by atoms with E-state index in [2.05, 4.69) is 10.3 Å². The maximum Gasteiger partial charge on any atom is 0.261 e. The molecular formula is C18H25ClN4O3. The van der Waals surface area contributed by atoms with E-state index in [9.17, 15) is 4.79 Å². The summed E-state index contributed by atoms with van der Waals surface area (Å²) in [5, 5.41) is 3.33. The fourth-order valence-corrected chi connectivity index (χ4v) is 3.00. The van der Waals surface area contributed by atoms with Crippen molar-refractivity contribution in [2.24, 2.45) is 7.05 Å². The van der Waals surface area contributed by atoms with Gasteiger partial charge in [0.05, 0.1) is 6.61 Å². The second-order valence-corrected chi connectivity index (χ2v) is 5.87. The average Bonchev–Trinajstić information content (AvgIpc) is 3.07. The van der Waals surface area contributed by atoms with Gasteiger partial charge in [-0.2, -0.15) is 0 Å². The molecule has 1 amide bonds. The topological polar surface area (TPSA) is 68.6 Å². The molecule has 8 heteroatoms. The van der Waals surface area contributed by atoms with Crippen molar-refractivity contribution in [2.75, 3.05) is 32.8 Å². The maximum absolute atomic E-state index is 12.8. The van der Waals surface area contributed by atoms with Gasteiger partial charge in [0.1, 0.15) is 11.9 Å². The lowest BCUT2D eigenvalue weighted by molar-refractivity contribution is -0.137. The molecule has 1 atom stereocenters. The fourth-order valence-electron chi connectivity index (χ4n) is 3.00. The first-order valence-corrected chi connectivity index (χ1v) is 8.52. The number of aromatic nitrogens is 2. The van der Waals surface area contributed by atoms with Crippen LogP contribution < -0.4 is 14.8 Å². The van der Waals surface area contributed by atoms with Crippen LogP contribution in [0.3, 0.4) is 0 Å². The Labute approximate surface area is 159 Å². The number of carbonyl (C=O) groups excluding carboxylic acids is 1. The third-order valence-electron chi connectivity index (χ3n) is 4.22. The predicted molar refractivity (Wildman–Crippen MR) is 101 cm³/mol. The van der Waals surface area contributed by atoms with Gasteiger partial charge < -0.3 is 24.3 Å². The van der Waals surface area contributed by atoms with Crippen LogP contribution in [0.5, 0.6) is 11.5 Å². The molecule has 142 valence electrons. The summed E-state index contributed by atoms with van der Waals surface area (Å²) >= 11 is 0. The van der Waals surface area contributed by atoms with E-state index in [-0.39, 0.29) is 31.0 Å². The lowest BCUT2D eigenvalue weighted by Crippen LogP contribution is -2.50. The predicted octanol–water partition coefficient (Wildman–Crippen LogP) is 1.79. The van der Waals surface area contributed by atoms with Gasteiger partial charge in [0, 0.05) is 39.1 Å². The molecule has 0 spiro atoms. The molecule has 7 nitrogen and oxygen atoms in total. The summed E-state index contributed by atoms with van der Waals surface area (Å²) in [6.45, 7) is 4.53. The van der Waals surface area contributed by atoms with Crippen molar-refractivity contribution in [2.45, 2.75) is 13.0 Å². The minimum absolute atomic E-state index is 0. The molecule has 3 rings (SSSR count). The SMILES string of the molecule is CCOc1ccccc1OCC(=O)N1CCNCC1c1nccn1C.Cl. The Bertz CT molecular complexity index is 722. The van der Waals surface area contributed by atoms with E-state index in [1.807, 2.05) is 53.9 Å². The second-order valence-electron chi connectivity index (χ2n) is 5.87. The molecule has 1 fully saturated rings. The summed E-state index contributed by atoms with van der Waals surface area (Å²) in [5.41, 5.74) is 0. The van der Waals surface area contributed by atoms with Gasteiger partial charge in [-0.05, 0) is 19.1 Å². The Kier molecular flexibility index (Phi) is 7.29. The van der Waals surface area contributed by atoms with Crippen LogP contribution >= 0.6 is 12.4 Å². The Morgan fingerprint density at radius 1 is 1.31 bits per heavy atom. The van der Waals surface area contributed by atoms with Crippen LogP contribution in [0, 0.1) is 0 Å². The number of nitrogens with zero attached hydrogens (tertiary/aromatic N) is 3. The van der Waals surface area contributed by atoms with Crippen molar-refractivity contribution < 1.29 is 14.3 Å². The number of piperazine rings is 1. The summed E-state index contributed by atoms with van der Waals surface area (Å²) < 4.78 is 13.2. The van der Waals surface area contributed by atoms with Gasteiger partial charge in [0.25, 0.3) is 5.91 Å². The zero-order valence-corrected chi connectivity index (χ0v) is 15.9.